The predicted octanol–water partition coefficient (Wildman–Crippen LogP) is 3.19. The molecule has 0 radical (unpaired) electrons. The largest absolute Gasteiger partial charge is 0.378 e. The van der Waals surface area contributed by atoms with Crippen LogP contribution in [0.3, 0.4) is 0 Å². The molecule has 2 aromatic heterocycles. The Kier molecular flexibility index (Phi) is 5.71. The predicted molar refractivity (Wildman–Crippen MR) is 116 cm³/mol. The van der Waals surface area contributed by atoms with Gasteiger partial charge in [-0.1, -0.05) is 24.3 Å². The van der Waals surface area contributed by atoms with Gasteiger partial charge in [-0.3, -0.25) is 15.1 Å². The molecule has 1 aliphatic carbocycles. The molecule has 9 heteroatoms. The molecule has 156 valence electrons. The summed E-state index contributed by atoms with van der Waals surface area (Å²) in [6, 6.07) is 10.1. The molecular formula is C21H25N7O2. The van der Waals surface area contributed by atoms with Gasteiger partial charge >= 0.3 is 5.69 Å². The molecule has 4 rings (SSSR count). The van der Waals surface area contributed by atoms with Crippen LogP contribution in [0.4, 0.5) is 17.5 Å². The molecule has 30 heavy (non-hydrogen) atoms. The zero-order valence-electron chi connectivity index (χ0n) is 16.6. The molecule has 0 amide bonds. The summed E-state index contributed by atoms with van der Waals surface area (Å²) in [5.74, 6) is 0.464. The number of nitro groups is 1. The number of benzene rings is 1. The Labute approximate surface area is 174 Å². The van der Waals surface area contributed by atoms with E-state index in [9.17, 15) is 10.1 Å². The van der Waals surface area contributed by atoms with Gasteiger partial charge in [0.1, 0.15) is 5.69 Å². The highest BCUT2D eigenvalue weighted by Gasteiger charge is 2.27. The van der Waals surface area contributed by atoms with Gasteiger partial charge in [0.15, 0.2) is 0 Å². The van der Waals surface area contributed by atoms with E-state index in [4.69, 9.17) is 11.5 Å². The Hall–Kier alpha value is -3.33. The summed E-state index contributed by atoms with van der Waals surface area (Å²) < 4.78 is 0. The van der Waals surface area contributed by atoms with Gasteiger partial charge in [0, 0.05) is 17.6 Å². The van der Waals surface area contributed by atoms with Crippen LogP contribution in [0, 0.1) is 16.0 Å². The van der Waals surface area contributed by atoms with Crippen LogP contribution < -0.4 is 16.8 Å². The highest BCUT2D eigenvalue weighted by molar-refractivity contribution is 5.84. The maximum atomic E-state index is 11.6. The molecule has 1 fully saturated rings. The van der Waals surface area contributed by atoms with Crippen LogP contribution in [0.15, 0.2) is 36.5 Å². The third kappa shape index (κ3) is 4.30. The number of nitrogen functional groups attached to an aromatic ring is 1. The van der Waals surface area contributed by atoms with E-state index in [0.29, 0.717) is 24.6 Å². The van der Waals surface area contributed by atoms with Crippen LogP contribution >= 0.6 is 0 Å². The van der Waals surface area contributed by atoms with Gasteiger partial charge in [-0.15, -0.1) is 0 Å². The van der Waals surface area contributed by atoms with Crippen LogP contribution in [0.25, 0.3) is 10.8 Å². The SMILES string of the molecule is Nc1nc(NCc2nccc3ccccc23)nc(C[C@H]2CC[C@H](N)CC2)c1[N+](=O)[O-]. The number of nitrogens with one attached hydrogen (secondary N) is 1. The van der Waals surface area contributed by atoms with Gasteiger partial charge in [0.05, 0.1) is 17.2 Å². The Morgan fingerprint density at radius 2 is 1.87 bits per heavy atom. The van der Waals surface area contributed by atoms with Crippen molar-refractivity contribution < 1.29 is 4.92 Å². The number of anilines is 2. The zero-order valence-corrected chi connectivity index (χ0v) is 16.6. The van der Waals surface area contributed by atoms with E-state index in [1.165, 1.54) is 0 Å². The maximum Gasteiger partial charge on any atom is 0.332 e. The highest BCUT2D eigenvalue weighted by Crippen LogP contribution is 2.32. The second kappa shape index (κ2) is 8.58. The summed E-state index contributed by atoms with van der Waals surface area (Å²) in [6.07, 6.45) is 5.98. The number of hydrogen-bond acceptors (Lipinski definition) is 8. The third-order valence-electron chi connectivity index (χ3n) is 5.71. The van der Waals surface area contributed by atoms with Gasteiger partial charge in [0.25, 0.3) is 0 Å². The standard InChI is InChI=1S/C21H25N7O2/c22-15-7-5-13(6-8-15)11-17-19(28(29)30)20(23)27-21(26-17)25-12-18-16-4-2-1-3-14(16)9-10-24-18/h1-4,9-10,13,15H,5-8,11-12,22H2,(H3,23,25,26,27)/t13-,15-. The average Bonchev–Trinajstić information content (AvgIpc) is 2.73. The summed E-state index contributed by atoms with van der Waals surface area (Å²) in [6.45, 7) is 0.385. The molecule has 5 N–H and O–H groups in total. The van der Waals surface area contributed by atoms with Gasteiger partial charge in [-0.05, 0) is 49.5 Å². The Morgan fingerprint density at radius 3 is 2.63 bits per heavy atom. The van der Waals surface area contributed by atoms with Crippen molar-refractivity contribution in [1.29, 1.82) is 0 Å². The molecule has 3 aromatic rings. The van der Waals surface area contributed by atoms with Crippen LogP contribution in [-0.4, -0.2) is 25.9 Å². The number of aromatic nitrogens is 3. The van der Waals surface area contributed by atoms with Gasteiger partial charge < -0.3 is 16.8 Å². The fourth-order valence-electron chi connectivity index (χ4n) is 4.09. The number of nitrogens with zero attached hydrogens (tertiary/aromatic N) is 4. The number of fused-ring (bicyclic) bond motifs is 1. The fraction of sp³-hybridized carbons (Fsp3) is 0.381. The molecule has 0 saturated heterocycles. The van der Waals surface area contributed by atoms with E-state index in [1.807, 2.05) is 30.3 Å². The van der Waals surface area contributed by atoms with Gasteiger partial charge in [-0.2, -0.15) is 4.98 Å². The second-order valence-electron chi connectivity index (χ2n) is 7.80. The summed E-state index contributed by atoms with van der Waals surface area (Å²) in [5, 5.41) is 16.8. The molecule has 1 aromatic carbocycles. The minimum atomic E-state index is -0.491. The quantitative estimate of drug-likeness (QED) is 0.417. The number of rotatable bonds is 6. The first-order valence-electron chi connectivity index (χ1n) is 10.1. The van der Waals surface area contributed by atoms with E-state index >= 15 is 0 Å². The van der Waals surface area contributed by atoms with Crippen molar-refractivity contribution in [3.8, 4) is 0 Å². The molecule has 1 aliphatic rings. The minimum Gasteiger partial charge on any atom is -0.378 e. The highest BCUT2D eigenvalue weighted by atomic mass is 16.6. The van der Waals surface area contributed by atoms with E-state index in [-0.39, 0.29) is 23.5 Å². The number of hydrogen-bond donors (Lipinski definition) is 3. The van der Waals surface area contributed by atoms with E-state index in [2.05, 4.69) is 20.3 Å². The minimum absolute atomic E-state index is 0.120. The van der Waals surface area contributed by atoms with E-state index in [0.717, 1.165) is 42.1 Å². The van der Waals surface area contributed by atoms with E-state index < -0.39 is 4.92 Å². The molecule has 9 nitrogen and oxygen atoms in total. The monoisotopic (exact) mass is 407 g/mol. The summed E-state index contributed by atoms with van der Waals surface area (Å²) in [5.41, 5.74) is 12.9. The van der Waals surface area contributed by atoms with Crippen molar-refractivity contribution in [2.45, 2.75) is 44.7 Å². The molecular weight excluding hydrogens is 382 g/mol. The topological polar surface area (TPSA) is 146 Å². The molecule has 2 heterocycles. The summed E-state index contributed by atoms with van der Waals surface area (Å²) >= 11 is 0. The lowest BCUT2D eigenvalue weighted by atomic mass is 9.83. The van der Waals surface area contributed by atoms with E-state index in [1.54, 1.807) is 6.20 Å². The molecule has 0 atom stereocenters. The van der Waals surface area contributed by atoms with Gasteiger partial charge in [0.2, 0.25) is 11.8 Å². The molecule has 0 aliphatic heterocycles. The van der Waals surface area contributed by atoms with Crippen LogP contribution in [0.1, 0.15) is 37.1 Å². The normalized spacial score (nSPS) is 19.0. The molecule has 0 spiro atoms. The smallest absolute Gasteiger partial charge is 0.332 e. The van der Waals surface area contributed by atoms with Crippen LogP contribution in [-0.2, 0) is 13.0 Å². The zero-order chi connectivity index (χ0) is 21.1. The Morgan fingerprint density at radius 1 is 1.10 bits per heavy atom. The molecule has 0 unspecified atom stereocenters. The fourth-order valence-corrected chi connectivity index (χ4v) is 4.09. The lowest BCUT2D eigenvalue weighted by Gasteiger charge is -2.25. The first kappa shape index (κ1) is 20.0. The van der Waals surface area contributed by atoms with Crippen molar-refractivity contribution in [3.05, 3.63) is 58.0 Å². The Balaban J connectivity index is 1.57. The molecule has 0 bridgehead atoms. The van der Waals surface area contributed by atoms with Crippen molar-refractivity contribution >= 4 is 28.2 Å². The average molecular weight is 407 g/mol. The number of pyridine rings is 1. The van der Waals surface area contributed by atoms with Crippen molar-refractivity contribution in [1.82, 2.24) is 15.0 Å². The van der Waals surface area contributed by atoms with Crippen molar-refractivity contribution in [3.63, 3.8) is 0 Å². The number of nitrogens with two attached hydrogens (primary N) is 2. The van der Waals surface area contributed by atoms with Crippen LogP contribution in [0.5, 0.6) is 0 Å². The maximum absolute atomic E-state index is 11.6. The first-order valence-corrected chi connectivity index (χ1v) is 10.1. The summed E-state index contributed by atoms with van der Waals surface area (Å²) in [4.78, 5) is 24.1. The third-order valence-corrected chi connectivity index (χ3v) is 5.71. The molecule has 1 saturated carbocycles. The van der Waals surface area contributed by atoms with Crippen LogP contribution in [0.2, 0.25) is 0 Å². The van der Waals surface area contributed by atoms with Crippen molar-refractivity contribution in [2.75, 3.05) is 11.1 Å². The first-order chi connectivity index (χ1) is 14.5. The second-order valence-corrected chi connectivity index (χ2v) is 7.80. The lowest BCUT2D eigenvalue weighted by Crippen LogP contribution is -2.27. The Bertz CT molecular complexity index is 1060. The van der Waals surface area contributed by atoms with Gasteiger partial charge in [-0.25, -0.2) is 4.98 Å². The van der Waals surface area contributed by atoms with Crippen molar-refractivity contribution in [2.24, 2.45) is 11.7 Å². The summed E-state index contributed by atoms with van der Waals surface area (Å²) in [7, 11) is 0. The lowest BCUT2D eigenvalue weighted by molar-refractivity contribution is -0.385.